The topological polar surface area (TPSA) is 107 Å². The number of carboxylic acid groups (broad SMARTS) is 1. The third-order valence-corrected chi connectivity index (χ3v) is 5.75. The monoisotopic (exact) mass is 488 g/mol. The van der Waals surface area contributed by atoms with Gasteiger partial charge in [-0.25, -0.2) is 0 Å². The Labute approximate surface area is 194 Å². The van der Waals surface area contributed by atoms with Crippen molar-refractivity contribution in [2.24, 2.45) is 11.7 Å². The number of carboxylic acids is 1. The fraction of sp³-hybridized carbons (Fsp3) is 0.611. The second kappa shape index (κ2) is 13.2. The van der Waals surface area contributed by atoms with Gasteiger partial charge in [0.2, 0.25) is 0 Å². The molecule has 0 spiro atoms. The number of nitrogens with two attached hydrogens (primary N) is 1. The summed E-state index contributed by atoms with van der Waals surface area (Å²) in [6, 6.07) is 5.50. The first kappa shape index (κ1) is 28.8. The fourth-order valence-electron chi connectivity index (χ4n) is 3.57. The van der Waals surface area contributed by atoms with Crippen molar-refractivity contribution in [2.75, 3.05) is 19.6 Å². The molecule has 0 saturated carbocycles. The molecular weight excluding hydrogens is 461 g/mol. The van der Waals surface area contributed by atoms with Crippen molar-refractivity contribution in [3.8, 4) is 0 Å². The molecule has 1 aliphatic heterocycles. The van der Waals surface area contributed by atoms with Gasteiger partial charge in [-0.2, -0.15) is 0 Å². The van der Waals surface area contributed by atoms with Gasteiger partial charge in [0, 0.05) is 29.7 Å². The summed E-state index contributed by atoms with van der Waals surface area (Å²) in [6.07, 6.45) is 2.93. The van der Waals surface area contributed by atoms with Crippen LogP contribution in [0.15, 0.2) is 18.2 Å². The normalized spacial score (nSPS) is 16.2. The number of likely N-dealkylation sites (tertiary alicyclic amines) is 1. The number of benzene rings is 1. The Morgan fingerprint density at radius 1 is 1.24 bits per heavy atom. The van der Waals surface area contributed by atoms with Crippen molar-refractivity contribution in [3.63, 3.8) is 0 Å². The van der Waals surface area contributed by atoms with Crippen molar-refractivity contribution in [2.45, 2.75) is 44.0 Å². The van der Waals surface area contributed by atoms with Crippen molar-refractivity contribution in [3.05, 3.63) is 33.8 Å². The van der Waals surface area contributed by atoms with E-state index < -0.39 is 18.6 Å². The average Bonchev–Trinajstić information content (AvgIpc) is 2.54. The zero-order valence-corrected chi connectivity index (χ0v) is 19.2. The highest BCUT2D eigenvalue weighted by Gasteiger charge is 2.39. The second-order valence-electron chi connectivity index (χ2n) is 7.50. The van der Waals surface area contributed by atoms with Crippen LogP contribution >= 0.6 is 48.0 Å². The molecule has 0 bridgehead atoms. The van der Waals surface area contributed by atoms with Gasteiger partial charge in [-0.3, -0.25) is 4.79 Å². The van der Waals surface area contributed by atoms with Gasteiger partial charge in [0.05, 0.1) is 0 Å². The Morgan fingerprint density at radius 3 is 2.45 bits per heavy atom. The third-order valence-electron chi connectivity index (χ3n) is 5.16. The predicted molar refractivity (Wildman–Crippen MR) is 123 cm³/mol. The smallest absolute Gasteiger partial charge is 0.451 e. The van der Waals surface area contributed by atoms with Crippen molar-refractivity contribution in [1.29, 1.82) is 0 Å². The largest absolute Gasteiger partial charge is 0.480 e. The Hall–Kier alpha value is -0.245. The molecule has 1 aromatic rings. The number of aliphatic carboxylic acids is 1. The molecule has 1 aromatic carbocycles. The minimum atomic E-state index is -1.35. The molecule has 0 amide bonds. The Bertz CT molecular complexity index is 650. The molecule has 29 heavy (non-hydrogen) atoms. The van der Waals surface area contributed by atoms with E-state index in [1.54, 1.807) is 6.07 Å². The Kier molecular flexibility index (Phi) is 13.1. The quantitative estimate of drug-likeness (QED) is 0.281. The van der Waals surface area contributed by atoms with Gasteiger partial charge < -0.3 is 25.8 Å². The highest BCUT2D eigenvalue weighted by molar-refractivity contribution is 6.40. The summed E-state index contributed by atoms with van der Waals surface area (Å²) in [5.41, 5.74) is 5.94. The number of unbranched alkanes of at least 4 members (excludes halogenated alkanes) is 1. The molecule has 1 fully saturated rings. The summed E-state index contributed by atoms with van der Waals surface area (Å²) >= 11 is 12.1. The Balaban J connectivity index is 0.00000392. The first-order valence-electron chi connectivity index (χ1n) is 9.24. The maximum Gasteiger partial charge on any atom is 0.451 e. The van der Waals surface area contributed by atoms with Crippen LogP contribution in [0.25, 0.3) is 0 Å². The van der Waals surface area contributed by atoms with E-state index in [1.165, 1.54) is 0 Å². The van der Waals surface area contributed by atoms with Crippen LogP contribution in [0.3, 0.4) is 0 Å². The van der Waals surface area contributed by atoms with Gasteiger partial charge in [-0.1, -0.05) is 42.1 Å². The number of hydrogen-bond donors (Lipinski definition) is 4. The van der Waals surface area contributed by atoms with Crippen molar-refractivity contribution < 1.29 is 19.9 Å². The van der Waals surface area contributed by atoms with Gasteiger partial charge in [-0.15, -0.1) is 24.8 Å². The summed E-state index contributed by atoms with van der Waals surface area (Å²) in [6.45, 7) is 2.51. The minimum Gasteiger partial charge on any atom is -0.480 e. The van der Waals surface area contributed by atoms with Crippen LogP contribution in [0, 0.1) is 5.92 Å². The lowest BCUT2D eigenvalue weighted by molar-refractivity contribution is -0.145. The first-order chi connectivity index (χ1) is 12.7. The van der Waals surface area contributed by atoms with E-state index >= 15 is 0 Å². The van der Waals surface area contributed by atoms with Crippen LogP contribution in [-0.4, -0.2) is 58.3 Å². The fourth-order valence-corrected chi connectivity index (χ4v) is 4.07. The molecule has 1 saturated heterocycles. The molecular formula is C18H29BCl4N2O4. The lowest BCUT2D eigenvalue weighted by Gasteiger charge is -2.42. The molecule has 166 valence electrons. The molecule has 6 nitrogen and oxygen atoms in total. The van der Waals surface area contributed by atoms with E-state index in [9.17, 15) is 9.90 Å². The molecule has 1 atom stereocenters. The van der Waals surface area contributed by atoms with Crippen molar-refractivity contribution >= 4 is 61.1 Å². The molecule has 1 heterocycles. The van der Waals surface area contributed by atoms with E-state index in [0.717, 1.165) is 31.6 Å². The van der Waals surface area contributed by atoms with E-state index in [1.807, 2.05) is 12.1 Å². The van der Waals surface area contributed by atoms with Crippen LogP contribution in [0.5, 0.6) is 0 Å². The first-order valence-corrected chi connectivity index (χ1v) is 10.00. The molecule has 0 radical (unpaired) electrons. The standard InChI is InChI=1S/C18H27BCl2N2O4.2ClH/c20-15-4-3-14(16(21)9-15)5-8-23-11-13(12-23)10-18(22,17(24)25)6-1-2-7-19(26)27;;/h3-4,9,13,26-27H,1-2,5-8,10-12,22H2,(H,24,25);2*1H. The molecule has 0 aliphatic carbocycles. The summed E-state index contributed by atoms with van der Waals surface area (Å²) in [4.78, 5) is 13.9. The second-order valence-corrected chi connectivity index (χ2v) is 8.35. The summed E-state index contributed by atoms with van der Waals surface area (Å²) in [7, 11) is -1.35. The molecule has 1 unspecified atom stereocenters. The molecule has 11 heteroatoms. The van der Waals surface area contributed by atoms with Gasteiger partial charge in [-0.05, 0) is 49.2 Å². The van der Waals surface area contributed by atoms with Crippen LogP contribution in [0.4, 0.5) is 0 Å². The molecule has 0 aromatic heterocycles. The molecule has 5 N–H and O–H groups in total. The van der Waals surface area contributed by atoms with Gasteiger partial charge in [0.15, 0.2) is 0 Å². The predicted octanol–water partition coefficient (Wildman–Crippen LogP) is 3.13. The average molecular weight is 490 g/mol. The number of halogens is 4. The molecule has 1 aliphatic rings. The number of rotatable bonds is 11. The number of nitrogens with zero attached hydrogens (tertiary/aromatic N) is 1. The van der Waals surface area contributed by atoms with Gasteiger partial charge in [0.25, 0.3) is 0 Å². The SMILES string of the molecule is Cl.Cl.NC(CCCCB(O)O)(CC1CN(CCc2ccc(Cl)cc2Cl)C1)C(=O)O. The number of hydrogen-bond acceptors (Lipinski definition) is 5. The lowest BCUT2D eigenvalue weighted by Crippen LogP contribution is -2.56. The number of carbonyl (C=O) groups is 1. The third kappa shape index (κ3) is 9.19. The lowest BCUT2D eigenvalue weighted by atomic mass is 9.78. The minimum absolute atomic E-state index is 0. The van der Waals surface area contributed by atoms with Gasteiger partial charge >= 0.3 is 13.1 Å². The van der Waals surface area contributed by atoms with Crippen LogP contribution in [0.2, 0.25) is 16.4 Å². The highest BCUT2D eigenvalue weighted by Crippen LogP contribution is 2.29. The summed E-state index contributed by atoms with van der Waals surface area (Å²) < 4.78 is 0. The summed E-state index contributed by atoms with van der Waals surface area (Å²) in [5, 5.41) is 28.5. The van der Waals surface area contributed by atoms with Crippen molar-refractivity contribution in [1.82, 2.24) is 4.90 Å². The van der Waals surface area contributed by atoms with E-state index in [0.29, 0.717) is 35.7 Å². The van der Waals surface area contributed by atoms with Gasteiger partial charge in [0.1, 0.15) is 5.54 Å². The zero-order chi connectivity index (χ0) is 20.0. The van der Waals surface area contributed by atoms with E-state index in [4.69, 9.17) is 39.0 Å². The zero-order valence-electron chi connectivity index (χ0n) is 16.1. The van der Waals surface area contributed by atoms with E-state index in [2.05, 4.69) is 4.90 Å². The maximum absolute atomic E-state index is 11.6. The van der Waals surface area contributed by atoms with Crippen LogP contribution in [-0.2, 0) is 11.2 Å². The summed E-state index contributed by atoms with van der Waals surface area (Å²) in [5.74, 6) is -0.728. The van der Waals surface area contributed by atoms with Crippen LogP contribution < -0.4 is 5.73 Å². The molecule has 2 rings (SSSR count). The highest BCUT2D eigenvalue weighted by atomic mass is 35.5. The van der Waals surface area contributed by atoms with E-state index in [-0.39, 0.29) is 37.1 Å². The Morgan fingerprint density at radius 2 is 1.90 bits per heavy atom. The van der Waals surface area contributed by atoms with Crippen LogP contribution in [0.1, 0.15) is 31.2 Å². The maximum atomic E-state index is 11.6.